The van der Waals surface area contributed by atoms with Crippen molar-refractivity contribution in [3.63, 3.8) is 0 Å². The van der Waals surface area contributed by atoms with Crippen LogP contribution in [0.3, 0.4) is 0 Å². The van der Waals surface area contributed by atoms with Gasteiger partial charge in [-0.15, -0.1) is 0 Å². The second kappa shape index (κ2) is 7.40. The minimum absolute atomic E-state index is 0.105. The third-order valence-corrected chi connectivity index (χ3v) is 4.23. The maximum absolute atomic E-state index is 12.5. The van der Waals surface area contributed by atoms with Gasteiger partial charge < -0.3 is 5.32 Å². The first-order valence-corrected chi connectivity index (χ1v) is 8.37. The third kappa shape index (κ3) is 4.00. The maximum Gasteiger partial charge on any atom is 0.240 e. The lowest BCUT2D eigenvalue weighted by molar-refractivity contribution is -0.122. The lowest BCUT2D eigenvalue weighted by Crippen LogP contribution is -2.30. The molecule has 0 aliphatic carbocycles. The van der Waals surface area contributed by atoms with Crippen LogP contribution in [0.4, 0.5) is 0 Å². The monoisotopic (exact) mass is 353 g/mol. The first-order valence-electron chi connectivity index (χ1n) is 7.96. The number of nitrogens with zero attached hydrogens (tertiary/aromatic N) is 3. The zero-order valence-electron chi connectivity index (χ0n) is 14.1. The van der Waals surface area contributed by atoms with Gasteiger partial charge in [0.05, 0.1) is 6.04 Å². The zero-order chi connectivity index (χ0) is 17.8. The number of carbonyl (C=O) groups is 1. The summed E-state index contributed by atoms with van der Waals surface area (Å²) >= 11 is 5.29. The van der Waals surface area contributed by atoms with Crippen LogP contribution in [0.1, 0.15) is 24.1 Å². The van der Waals surface area contributed by atoms with Gasteiger partial charge in [0.1, 0.15) is 6.54 Å². The summed E-state index contributed by atoms with van der Waals surface area (Å²) in [6, 6.07) is 11.6. The zero-order valence-corrected chi connectivity index (χ0v) is 14.9. The Labute approximate surface area is 150 Å². The summed E-state index contributed by atoms with van der Waals surface area (Å²) in [4.78, 5) is 16.4. The van der Waals surface area contributed by atoms with Crippen molar-refractivity contribution >= 4 is 18.1 Å². The molecule has 3 aromatic rings. The Bertz CT molecular complexity index is 932. The standard InChI is InChI=1S/C18H19N5OS/c1-12-4-3-5-15(10-12)17-21-22-18(25)23(17)11-16(24)20-13(2)14-6-8-19-9-7-14/h3-10,13H,11H2,1-2H3,(H,20,24)(H,22,25). The number of hydrogen-bond donors (Lipinski definition) is 2. The van der Waals surface area contributed by atoms with E-state index in [9.17, 15) is 4.79 Å². The van der Waals surface area contributed by atoms with Gasteiger partial charge in [-0.2, -0.15) is 5.10 Å². The molecule has 3 rings (SSSR count). The summed E-state index contributed by atoms with van der Waals surface area (Å²) < 4.78 is 2.13. The Balaban J connectivity index is 1.78. The van der Waals surface area contributed by atoms with Gasteiger partial charge in [0.2, 0.25) is 5.91 Å². The van der Waals surface area contributed by atoms with Crippen molar-refractivity contribution in [2.75, 3.05) is 0 Å². The van der Waals surface area contributed by atoms with Gasteiger partial charge in [-0.3, -0.25) is 19.4 Å². The number of pyridine rings is 1. The van der Waals surface area contributed by atoms with Crippen molar-refractivity contribution in [3.8, 4) is 11.4 Å². The number of aromatic amines is 1. The number of amides is 1. The van der Waals surface area contributed by atoms with Gasteiger partial charge in [0.15, 0.2) is 10.6 Å². The summed E-state index contributed by atoms with van der Waals surface area (Å²) in [6.07, 6.45) is 3.42. The molecule has 7 heteroatoms. The average Bonchev–Trinajstić information content (AvgIpc) is 2.96. The number of aryl methyl sites for hydroxylation is 1. The van der Waals surface area contributed by atoms with E-state index in [1.165, 1.54) is 0 Å². The first-order chi connectivity index (χ1) is 12.0. The van der Waals surface area contributed by atoms with Crippen molar-refractivity contribution in [1.29, 1.82) is 0 Å². The Morgan fingerprint density at radius 2 is 2.08 bits per heavy atom. The van der Waals surface area contributed by atoms with Crippen LogP contribution in [0.5, 0.6) is 0 Å². The van der Waals surface area contributed by atoms with Crippen molar-refractivity contribution in [2.45, 2.75) is 26.4 Å². The van der Waals surface area contributed by atoms with Crippen LogP contribution in [0.2, 0.25) is 0 Å². The molecule has 2 aromatic heterocycles. The highest BCUT2D eigenvalue weighted by Crippen LogP contribution is 2.18. The lowest BCUT2D eigenvalue weighted by Gasteiger charge is -2.15. The molecule has 6 nitrogen and oxygen atoms in total. The quantitative estimate of drug-likeness (QED) is 0.691. The van der Waals surface area contributed by atoms with E-state index >= 15 is 0 Å². The molecule has 1 amide bonds. The van der Waals surface area contributed by atoms with Crippen LogP contribution in [0.25, 0.3) is 11.4 Å². The Morgan fingerprint density at radius 1 is 1.32 bits per heavy atom. The van der Waals surface area contributed by atoms with Gasteiger partial charge >= 0.3 is 0 Å². The molecular formula is C18H19N5OS. The Morgan fingerprint density at radius 3 is 2.80 bits per heavy atom. The number of aromatic nitrogens is 4. The molecule has 0 bridgehead atoms. The fourth-order valence-electron chi connectivity index (χ4n) is 2.64. The van der Waals surface area contributed by atoms with Crippen LogP contribution in [0.15, 0.2) is 48.8 Å². The molecule has 0 radical (unpaired) electrons. The second-order valence-electron chi connectivity index (χ2n) is 5.88. The highest BCUT2D eigenvalue weighted by atomic mass is 32.1. The molecule has 1 atom stereocenters. The molecule has 0 spiro atoms. The number of carbonyl (C=O) groups excluding carboxylic acids is 1. The van der Waals surface area contributed by atoms with Crippen molar-refractivity contribution in [2.24, 2.45) is 0 Å². The lowest BCUT2D eigenvalue weighted by atomic mass is 10.1. The third-order valence-electron chi connectivity index (χ3n) is 3.92. The summed E-state index contributed by atoms with van der Waals surface area (Å²) in [6.45, 7) is 4.05. The fourth-order valence-corrected chi connectivity index (χ4v) is 2.83. The predicted octanol–water partition coefficient (Wildman–Crippen LogP) is 3.19. The van der Waals surface area contributed by atoms with Gasteiger partial charge in [-0.05, 0) is 49.8 Å². The SMILES string of the molecule is Cc1cccc(-c2n[nH]c(=S)n2CC(=O)NC(C)c2ccncc2)c1. The minimum atomic E-state index is -0.129. The minimum Gasteiger partial charge on any atom is -0.348 e. The number of benzene rings is 1. The van der Waals surface area contributed by atoms with Gasteiger partial charge in [-0.25, -0.2) is 0 Å². The molecule has 2 N–H and O–H groups in total. The summed E-state index contributed by atoms with van der Waals surface area (Å²) in [5, 5.41) is 10.0. The molecule has 0 aliphatic rings. The van der Waals surface area contributed by atoms with Gasteiger partial charge in [0.25, 0.3) is 0 Å². The van der Waals surface area contributed by atoms with Crippen molar-refractivity contribution in [1.82, 2.24) is 25.1 Å². The molecular weight excluding hydrogens is 334 g/mol. The molecule has 0 saturated heterocycles. The molecule has 2 heterocycles. The van der Waals surface area contributed by atoms with Crippen LogP contribution in [0, 0.1) is 11.7 Å². The van der Waals surface area contributed by atoms with E-state index in [-0.39, 0.29) is 18.5 Å². The van der Waals surface area contributed by atoms with Crippen molar-refractivity contribution < 1.29 is 4.79 Å². The normalized spacial score (nSPS) is 11.9. The number of hydrogen-bond acceptors (Lipinski definition) is 4. The molecule has 1 unspecified atom stereocenters. The van der Waals surface area contributed by atoms with Crippen LogP contribution >= 0.6 is 12.2 Å². The smallest absolute Gasteiger partial charge is 0.240 e. The number of rotatable bonds is 5. The largest absolute Gasteiger partial charge is 0.348 e. The van der Waals surface area contributed by atoms with E-state index in [2.05, 4.69) is 20.5 Å². The van der Waals surface area contributed by atoms with Gasteiger partial charge in [0, 0.05) is 18.0 Å². The predicted molar refractivity (Wildman–Crippen MR) is 98.4 cm³/mol. The summed E-state index contributed by atoms with van der Waals surface area (Å²) in [5.41, 5.74) is 3.04. The molecule has 0 fully saturated rings. The average molecular weight is 353 g/mol. The maximum atomic E-state index is 12.5. The second-order valence-corrected chi connectivity index (χ2v) is 6.26. The van der Waals surface area contributed by atoms with Gasteiger partial charge in [-0.1, -0.05) is 23.8 Å². The molecule has 0 saturated carbocycles. The number of H-pyrrole nitrogens is 1. The Hall–Kier alpha value is -2.80. The van der Waals surface area contributed by atoms with Crippen LogP contribution < -0.4 is 5.32 Å². The van der Waals surface area contributed by atoms with E-state index < -0.39 is 0 Å². The summed E-state index contributed by atoms with van der Waals surface area (Å²) in [5.74, 6) is 0.524. The van der Waals surface area contributed by atoms with E-state index in [0.717, 1.165) is 16.7 Å². The molecule has 0 aliphatic heterocycles. The van der Waals surface area contributed by atoms with E-state index in [1.54, 1.807) is 17.0 Å². The highest BCUT2D eigenvalue weighted by molar-refractivity contribution is 7.71. The fraction of sp³-hybridized carbons (Fsp3) is 0.222. The first kappa shape index (κ1) is 17.0. The molecule has 25 heavy (non-hydrogen) atoms. The van der Waals surface area contributed by atoms with Crippen LogP contribution in [-0.2, 0) is 11.3 Å². The Kier molecular flexibility index (Phi) is 5.04. The van der Waals surface area contributed by atoms with E-state index in [1.807, 2.05) is 50.2 Å². The van der Waals surface area contributed by atoms with E-state index in [0.29, 0.717) is 10.6 Å². The van der Waals surface area contributed by atoms with Crippen molar-refractivity contribution in [3.05, 3.63) is 64.7 Å². The topological polar surface area (TPSA) is 75.6 Å². The highest BCUT2D eigenvalue weighted by Gasteiger charge is 2.14. The summed E-state index contributed by atoms with van der Waals surface area (Å²) in [7, 11) is 0. The number of nitrogens with one attached hydrogen (secondary N) is 2. The molecule has 128 valence electrons. The van der Waals surface area contributed by atoms with E-state index in [4.69, 9.17) is 12.2 Å². The van der Waals surface area contributed by atoms with Crippen LogP contribution in [-0.4, -0.2) is 25.7 Å². The molecule has 1 aromatic carbocycles.